The zero-order valence-corrected chi connectivity index (χ0v) is 15.1. The first-order valence-electron chi connectivity index (χ1n) is 8.24. The number of rotatable bonds is 6. The lowest BCUT2D eigenvalue weighted by Crippen LogP contribution is -2.35. The monoisotopic (exact) mass is 340 g/mol. The Hall–Kier alpha value is -0.950. The summed E-state index contributed by atoms with van der Waals surface area (Å²) in [7, 11) is -3.47. The fourth-order valence-corrected chi connectivity index (χ4v) is 3.61. The maximum Gasteiger partial charge on any atom is 0.240 e. The minimum absolute atomic E-state index is 0.0546. The molecule has 0 bridgehead atoms. The van der Waals surface area contributed by atoms with Crippen LogP contribution in [0.3, 0.4) is 0 Å². The molecule has 1 fully saturated rings. The molecule has 1 aromatic rings. The zero-order chi connectivity index (χ0) is 16.9. The van der Waals surface area contributed by atoms with Gasteiger partial charge in [0.25, 0.3) is 0 Å². The van der Waals surface area contributed by atoms with E-state index < -0.39 is 10.0 Å². The molecule has 0 amide bonds. The molecule has 5 nitrogen and oxygen atoms in total. The third kappa shape index (κ3) is 5.01. The maximum atomic E-state index is 12.4. The van der Waals surface area contributed by atoms with Crippen molar-refractivity contribution in [2.24, 2.45) is 5.92 Å². The van der Waals surface area contributed by atoms with Crippen LogP contribution in [0.1, 0.15) is 32.8 Å². The molecule has 1 saturated heterocycles. The Morgan fingerprint density at radius 3 is 2.65 bits per heavy atom. The van der Waals surface area contributed by atoms with Crippen LogP contribution in [0.25, 0.3) is 0 Å². The van der Waals surface area contributed by atoms with Gasteiger partial charge in [0.1, 0.15) is 0 Å². The van der Waals surface area contributed by atoms with Gasteiger partial charge in [0, 0.05) is 25.6 Å². The molecule has 0 aromatic heterocycles. The Morgan fingerprint density at radius 2 is 2.00 bits per heavy atom. The summed E-state index contributed by atoms with van der Waals surface area (Å²) < 4.78 is 33.0. The van der Waals surface area contributed by atoms with Gasteiger partial charge in [-0.3, -0.25) is 0 Å². The highest BCUT2D eigenvalue weighted by atomic mass is 32.2. The molecule has 1 atom stereocenters. The van der Waals surface area contributed by atoms with Crippen LogP contribution in [0, 0.1) is 5.92 Å². The van der Waals surface area contributed by atoms with Crippen molar-refractivity contribution in [3.8, 4) is 0 Å². The first-order chi connectivity index (χ1) is 10.8. The molecule has 6 heteroatoms. The van der Waals surface area contributed by atoms with Gasteiger partial charge in [0.05, 0.1) is 18.1 Å². The first-order valence-corrected chi connectivity index (χ1v) is 9.72. The van der Waals surface area contributed by atoms with Crippen LogP contribution in [0.2, 0.25) is 0 Å². The number of benzene rings is 1. The van der Waals surface area contributed by atoms with Crippen molar-refractivity contribution in [1.82, 2.24) is 10.0 Å². The van der Waals surface area contributed by atoms with Gasteiger partial charge in [-0.25, -0.2) is 13.1 Å². The quantitative estimate of drug-likeness (QED) is 0.830. The molecule has 1 aromatic carbocycles. The summed E-state index contributed by atoms with van der Waals surface area (Å²) >= 11 is 0. The molecule has 0 saturated carbocycles. The Bertz CT molecular complexity index is 589. The van der Waals surface area contributed by atoms with Crippen molar-refractivity contribution in [2.45, 2.75) is 37.5 Å². The largest absolute Gasteiger partial charge is 0.380 e. The van der Waals surface area contributed by atoms with Crippen LogP contribution in [-0.4, -0.2) is 41.3 Å². The third-order valence-electron chi connectivity index (χ3n) is 4.60. The van der Waals surface area contributed by atoms with Gasteiger partial charge >= 0.3 is 0 Å². The highest BCUT2D eigenvalue weighted by Crippen LogP contribution is 2.27. The molecule has 0 unspecified atom stereocenters. The number of ether oxygens (including phenoxy) is 1. The van der Waals surface area contributed by atoms with Crippen LogP contribution in [-0.2, 0) is 20.2 Å². The van der Waals surface area contributed by atoms with E-state index in [1.165, 1.54) is 0 Å². The van der Waals surface area contributed by atoms with Gasteiger partial charge in [0.2, 0.25) is 10.0 Å². The minimum atomic E-state index is -3.47. The summed E-state index contributed by atoms with van der Waals surface area (Å²) in [6.45, 7) is 9.69. The Balaban J connectivity index is 2.01. The molecule has 0 radical (unpaired) electrons. The van der Waals surface area contributed by atoms with E-state index in [9.17, 15) is 8.42 Å². The molecule has 130 valence electrons. The molecule has 0 aliphatic carbocycles. The smallest absolute Gasteiger partial charge is 0.240 e. The van der Waals surface area contributed by atoms with E-state index in [0.717, 1.165) is 25.1 Å². The molecule has 2 N–H and O–H groups in total. The fraction of sp³-hybridized carbons (Fsp3) is 0.647. The Morgan fingerprint density at radius 1 is 1.30 bits per heavy atom. The second-order valence-corrected chi connectivity index (χ2v) is 8.53. The predicted octanol–water partition coefficient (Wildman–Crippen LogP) is 1.89. The molecule has 1 aliphatic heterocycles. The van der Waals surface area contributed by atoms with Crippen molar-refractivity contribution in [3.05, 3.63) is 29.8 Å². The molecule has 1 heterocycles. The average Bonchev–Trinajstić information content (AvgIpc) is 2.82. The van der Waals surface area contributed by atoms with E-state index in [-0.39, 0.29) is 11.3 Å². The van der Waals surface area contributed by atoms with Gasteiger partial charge in [-0.1, -0.05) is 32.9 Å². The van der Waals surface area contributed by atoms with Crippen molar-refractivity contribution in [1.29, 1.82) is 0 Å². The topological polar surface area (TPSA) is 67.4 Å². The summed E-state index contributed by atoms with van der Waals surface area (Å²) in [5.74, 6) is 0.158. The van der Waals surface area contributed by atoms with E-state index in [2.05, 4.69) is 30.8 Å². The second-order valence-electron chi connectivity index (χ2n) is 6.76. The van der Waals surface area contributed by atoms with Gasteiger partial charge in [-0.05, 0) is 29.5 Å². The van der Waals surface area contributed by atoms with E-state index >= 15 is 0 Å². The van der Waals surface area contributed by atoms with Crippen LogP contribution in [0.5, 0.6) is 0 Å². The van der Waals surface area contributed by atoms with Crippen molar-refractivity contribution in [3.63, 3.8) is 0 Å². The SMILES string of the molecule is CCC(C)(C)c1ccc(S(=O)(=O)NC[C@H]2CNCCOC2)cc1. The van der Waals surface area contributed by atoms with Crippen LogP contribution < -0.4 is 10.0 Å². The Labute approximate surface area is 139 Å². The first kappa shape index (κ1) is 18.4. The summed E-state index contributed by atoms with van der Waals surface area (Å²) in [6, 6.07) is 7.20. The molecular weight excluding hydrogens is 312 g/mol. The van der Waals surface area contributed by atoms with Crippen LogP contribution >= 0.6 is 0 Å². The van der Waals surface area contributed by atoms with Crippen LogP contribution in [0.4, 0.5) is 0 Å². The number of hydrogen-bond donors (Lipinski definition) is 2. The summed E-state index contributed by atoms with van der Waals surface area (Å²) in [5, 5.41) is 3.24. The number of hydrogen-bond acceptors (Lipinski definition) is 4. The number of sulfonamides is 1. The number of nitrogens with one attached hydrogen (secondary N) is 2. The van der Waals surface area contributed by atoms with Gasteiger partial charge in [-0.2, -0.15) is 0 Å². The van der Waals surface area contributed by atoms with Gasteiger partial charge in [-0.15, -0.1) is 0 Å². The minimum Gasteiger partial charge on any atom is -0.380 e. The molecule has 0 spiro atoms. The van der Waals surface area contributed by atoms with Crippen molar-refractivity contribution < 1.29 is 13.2 Å². The highest BCUT2D eigenvalue weighted by molar-refractivity contribution is 7.89. The van der Waals surface area contributed by atoms with E-state index in [1.54, 1.807) is 12.1 Å². The third-order valence-corrected chi connectivity index (χ3v) is 6.04. The Kier molecular flexibility index (Phi) is 6.19. The lowest BCUT2D eigenvalue weighted by atomic mass is 9.82. The normalized spacial score (nSPS) is 20.2. The van der Waals surface area contributed by atoms with Crippen molar-refractivity contribution >= 4 is 10.0 Å². The predicted molar refractivity (Wildman–Crippen MR) is 92.1 cm³/mol. The summed E-state index contributed by atoms with van der Waals surface area (Å²) in [5.41, 5.74) is 1.21. The lowest BCUT2D eigenvalue weighted by Gasteiger charge is -2.23. The second kappa shape index (κ2) is 7.75. The van der Waals surface area contributed by atoms with Crippen LogP contribution in [0.15, 0.2) is 29.2 Å². The standard InChI is InChI=1S/C17H28N2O3S/c1-4-17(2,3)15-5-7-16(8-6-15)23(20,21)19-12-14-11-18-9-10-22-13-14/h5-8,14,18-19H,4,9-13H2,1-3H3/t14-/m1/s1. The van der Waals surface area contributed by atoms with E-state index in [0.29, 0.717) is 24.7 Å². The van der Waals surface area contributed by atoms with Gasteiger partial charge < -0.3 is 10.1 Å². The highest BCUT2D eigenvalue weighted by Gasteiger charge is 2.21. The average molecular weight is 340 g/mol. The van der Waals surface area contributed by atoms with E-state index in [1.807, 2.05) is 12.1 Å². The summed E-state index contributed by atoms with van der Waals surface area (Å²) in [4.78, 5) is 0.315. The molecular formula is C17H28N2O3S. The molecule has 2 rings (SSSR count). The lowest BCUT2D eigenvalue weighted by molar-refractivity contribution is 0.124. The molecule has 1 aliphatic rings. The van der Waals surface area contributed by atoms with Crippen molar-refractivity contribution in [2.75, 3.05) is 32.8 Å². The van der Waals surface area contributed by atoms with E-state index in [4.69, 9.17) is 4.74 Å². The maximum absolute atomic E-state index is 12.4. The fourth-order valence-electron chi connectivity index (χ4n) is 2.49. The zero-order valence-electron chi connectivity index (χ0n) is 14.3. The van der Waals surface area contributed by atoms with Gasteiger partial charge in [0.15, 0.2) is 0 Å². The molecule has 23 heavy (non-hydrogen) atoms. The summed E-state index contributed by atoms with van der Waals surface area (Å²) in [6.07, 6.45) is 1.01.